The number of furan rings is 1. The first-order valence-electron chi connectivity index (χ1n) is 9.60. The van der Waals surface area contributed by atoms with Gasteiger partial charge >= 0.3 is 6.55 Å². The van der Waals surface area contributed by atoms with Crippen molar-refractivity contribution in [1.29, 1.82) is 0 Å². The van der Waals surface area contributed by atoms with Crippen LogP contribution in [0.1, 0.15) is 18.1 Å². The summed E-state index contributed by atoms with van der Waals surface area (Å²) in [5.74, 6) is 0.857. The molecule has 6 nitrogen and oxygen atoms in total. The van der Waals surface area contributed by atoms with Gasteiger partial charge in [0.15, 0.2) is 5.16 Å². The van der Waals surface area contributed by atoms with Crippen LogP contribution in [-0.4, -0.2) is 19.1 Å². The summed E-state index contributed by atoms with van der Waals surface area (Å²) in [6.07, 6.45) is 1.52. The predicted molar refractivity (Wildman–Crippen MR) is 119 cm³/mol. The number of nitrogens with zero attached hydrogens (tertiary/aromatic N) is 4. The minimum atomic E-state index is -2.74. The summed E-state index contributed by atoms with van der Waals surface area (Å²) < 4.78 is 35.3. The Bertz CT molecular complexity index is 1480. The van der Waals surface area contributed by atoms with Gasteiger partial charge < -0.3 is 4.42 Å². The van der Waals surface area contributed by atoms with Crippen LogP contribution in [0.3, 0.4) is 0 Å². The van der Waals surface area contributed by atoms with Crippen molar-refractivity contribution in [2.24, 2.45) is 0 Å². The van der Waals surface area contributed by atoms with Gasteiger partial charge in [0.2, 0.25) is 0 Å². The second-order valence-corrected chi connectivity index (χ2v) is 8.36. The third kappa shape index (κ3) is 3.78. The monoisotopic (exact) mass is 472 g/mol. The molecule has 3 heterocycles. The number of alkyl halides is 2. The number of thioether (sulfide) groups is 1. The minimum Gasteiger partial charge on any atom is -0.467 e. The molecule has 10 heteroatoms. The molecule has 2 aromatic carbocycles. The number of benzene rings is 2. The molecule has 0 bridgehead atoms. The van der Waals surface area contributed by atoms with Gasteiger partial charge in [0.1, 0.15) is 11.6 Å². The van der Waals surface area contributed by atoms with Crippen LogP contribution < -0.4 is 5.56 Å². The molecular formula is C22H15ClF2N4O2S. The van der Waals surface area contributed by atoms with Gasteiger partial charge in [-0.25, -0.2) is 9.97 Å². The number of rotatable bonds is 6. The molecule has 0 radical (unpaired) electrons. The zero-order valence-corrected chi connectivity index (χ0v) is 18.0. The number of halogens is 3. The summed E-state index contributed by atoms with van der Waals surface area (Å²) in [5.41, 5.74) is 0.995. The summed E-state index contributed by atoms with van der Waals surface area (Å²) in [6.45, 7) is -2.59. The van der Waals surface area contributed by atoms with E-state index in [0.29, 0.717) is 37.9 Å². The fraction of sp³-hybridized carbons (Fsp3) is 0.136. The van der Waals surface area contributed by atoms with Gasteiger partial charge in [-0.15, -0.1) is 0 Å². The maximum Gasteiger partial charge on any atom is 0.320 e. The van der Waals surface area contributed by atoms with E-state index in [9.17, 15) is 13.6 Å². The van der Waals surface area contributed by atoms with Crippen LogP contribution in [-0.2, 0) is 12.3 Å². The van der Waals surface area contributed by atoms with Crippen molar-refractivity contribution in [3.8, 4) is 0 Å². The van der Waals surface area contributed by atoms with Crippen molar-refractivity contribution in [2.75, 3.05) is 0 Å². The molecule has 0 atom stereocenters. The summed E-state index contributed by atoms with van der Waals surface area (Å²) in [4.78, 5) is 22.2. The van der Waals surface area contributed by atoms with E-state index in [-0.39, 0.29) is 23.7 Å². The van der Waals surface area contributed by atoms with Gasteiger partial charge in [0.05, 0.1) is 40.5 Å². The molecule has 0 amide bonds. The molecule has 162 valence electrons. The standard InChI is InChI=1S/C22H15ClF2N4O2S/c23-13-7-8-15-17(10-13)27-22(28(20(15)30)11-14-4-3-9-31-14)32-12-19-26-16-5-1-2-6-18(16)29(19)21(24)25/h1-10,21H,11-12H2. The van der Waals surface area contributed by atoms with E-state index < -0.39 is 6.55 Å². The highest BCUT2D eigenvalue weighted by molar-refractivity contribution is 7.98. The first kappa shape index (κ1) is 20.7. The molecule has 5 rings (SSSR count). The molecular weight excluding hydrogens is 458 g/mol. The Balaban J connectivity index is 1.58. The fourth-order valence-electron chi connectivity index (χ4n) is 3.52. The molecule has 0 unspecified atom stereocenters. The van der Waals surface area contributed by atoms with E-state index in [1.165, 1.54) is 10.8 Å². The average Bonchev–Trinajstić information content (AvgIpc) is 3.41. The van der Waals surface area contributed by atoms with Crippen molar-refractivity contribution in [2.45, 2.75) is 24.0 Å². The van der Waals surface area contributed by atoms with Crippen LogP contribution in [0.5, 0.6) is 0 Å². The van der Waals surface area contributed by atoms with Crippen LogP contribution in [0.2, 0.25) is 5.02 Å². The van der Waals surface area contributed by atoms with E-state index in [1.54, 1.807) is 54.6 Å². The van der Waals surface area contributed by atoms with Crippen molar-refractivity contribution >= 4 is 45.3 Å². The van der Waals surface area contributed by atoms with Crippen LogP contribution >= 0.6 is 23.4 Å². The summed E-state index contributed by atoms with van der Waals surface area (Å²) >= 11 is 7.24. The molecule has 0 N–H and O–H groups in total. The predicted octanol–water partition coefficient (Wildman–Crippen LogP) is 5.73. The van der Waals surface area contributed by atoms with Crippen LogP contribution in [0.15, 0.2) is 75.2 Å². The maximum absolute atomic E-state index is 13.8. The van der Waals surface area contributed by atoms with E-state index in [1.807, 2.05) is 0 Å². The Labute approximate surface area is 189 Å². The van der Waals surface area contributed by atoms with Gasteiger partial charge in [-0.2, -0.15) is 8.78 Å². The molecule has 0 aliphatic heterocycles. The molecule has 0 aliphatic rings. The van der Waals surface area contributed by atoms with Crippen molar-refractivity contribution in [1.82, 2.24) is 19.1 Å². The number of para-hydroxylation sites is 2. The molecule has 0 spiro atoms. The van der Waals surface area contributed by atoms with Gasteiger partial charge in [-0.1, -0.05) is 35.5 Å². The number of aromatic nitrogens is 4. The Morgan fingerprint density at radius 1 is 1.06 bits per heavy atom. The topological polar surface area (TPSA) is 65.8 Å². The van der Waals surface area contributed by atoms with E-state index >= 15 is 0 Å². The number of imidazole rings is 1. The smallest absolute Gasteiger partial charge is 0.320 e. The largest absolute Gasteiger partial charge is 0.467 e. The average molecular weight is 473 g/mol. The van der Waals surface area contributed by atoms with Gasteiger partial charge in [0, 0.05) is 5.02 Å². The summed E-state index contributed by atoms with van der Waals surface area (Å²) in [6, 6.07) is 15.1. The fourth-order valence-corrected chi connectivity index (χ4v) is 4.62. The molecule has 0 fully saturated rings. The van der Waals surface area contributed by atoms with Crippen molar-refractivity contribution < 1.29 is 13.2 Å². The van der Waals surface area contributed by atoms with Crippen molar-refractivity contribution in [3.63, 3.8) is 0 Å². The number of hydrogen-bond acceptors (Lipinski definition) is 5. The first-order valence-corrected chi connectivity index (χ1v) is 11.0. The van der Waals surface area contributed by atoms with Crippen LogP contribution in [0.25, 0.3) is 21.9 Å². The summed E-state index contributed by atoms with van der Waals surface area (Å²) in [7, 11) is 0. The highest BCUT2D eigenvalue weighted by Crippen LogP contribution is 2.29. The first-order chi connectivity index (χ1) is 15.5. The van der Waals surface area contributed by atoms with Crippen LogP contribution in [0.4, 0.5) is 8.78 Å². The second-order valence-electron chi connectivity index (χ2n) is 6.98. The Morgan fingerprint density at radius 3 is 2.69 bits per heavy atom. The highest BCUT2D eigenvalue weighted by atomic mass is 35.5. The SMILES string of the molecule is O=c1c2ccc(Cl)cc2nc(SCc2nc3ccccc3n2C(F)F)n1Cc1ccco1. The normalized spacial score (nSPS) is 11.8. The van der Waals surface area contributed by atoms with Gasteiger partial charge in [-0.3, -0.25) is 13.9 Å². The molecule has 0 saturated heterocycles. The molecule has 0 saturated carbocycles. The Morgan fingerprint density at radius 2 is 1.91 bits per heavy atom. The van der Waals surface area contributed by atoms with Crippen LogP contribution in [0, 0.1) is 0 Å². The third-order valence-corrected chi connectivity index (χ3v) is 6.18. The number of fused-ring (bicyclic) bond motifs is 2. The van der Waals surface area contributed by atoms with Crippen molar-refractivity contribution in [3.05, 3.63) is 87.8 Å². The minimum absolute atomic E-state index is 0.0929. The maximum atomic E-state index is 13.8. The second kappa shape index (κ2) is 8.40. The van der Waals surface area contributed by atoms with E-state index in [2.05, 4.69) is 9.97 Å². The summed E-state index contributed by atoms with van der Waals surface area (Å²) in [5, 5.41) is 1.21. The Kier molecular flexibility index (Phi) is 5.44. The van der Waals surface area contributed by atoms with E-state index in [4.69, 9.17) is 16.0 Å². The molecule has 5 aromatic rings. The molecule has 32 heavy (non-hydrogen) atoms. The lowest BCUT2D eigenvalue weighted by Crippen LogP contribution is -2.24. The van der Waals surface area contributed by atoms with Gasteiger partial charge in [-0.05, 0) is 42.5 Å². The third-order valence-electron chi connectivity index (χ3n) is 4.97. The lowest BCUT2D eigenvalue weighted by Gasteiger charge is -2.13. The lowest BCUT2D eigenvalue weighted by atomic mass is 10.2. The van der Waals surface area contributed by atoms with Gasteiger partial charge in [0.25, 0.3) is 5.56 Å². The molecule has 0 aliphatic carbocycles. The molecule has 3 aromatic heterocycles. The zero-order valence-electron chi connectivity index (χ0n) is 16.4. The quantitative estimate of drug-likeness (QED) is 0.233. The lowest BCUT2D eigenvalue weighted by molar-refractivity contribution is 0.0722. The highest BCUT2D eigenvalue weighted by Gasteiger charge is 2.19. The zero-order chi connectivity index (χ0) is 22.2. The Hall–Kier alpha value is -3.17. The number of hydrogen-bond donors (Lipinski definition) is 0. The van der Waals surface area contributed by atoms with E-state index in [0.717, 1.165) is 16.3 Å².